The summed E-state index contributed by atoms with van der Waals surface area (Å²) in [6.45, 7) is 3.34. The van der Waals surface area contributed by atoms with Gasteiger partial charge >= 0.3 is 0 Å². The fraction of sp³-hybridized carbons (Fsp3) is 0.407. The van der Waals surface area contributed by atoms with Crippen molar-refractivity contribution < 1.29 is 33.5 Å². The highest BCUT2D eigenvalue weighted by Crippen LogP contribution is 2.20. The fourth-order valence-corrected chi connectivity index (χ4v) is 4.10. The van der Waals surface area contributed by atoms with Gasteiger partial charge < -0.3 is 24.3 Å². The number of aromatic nitrogens is 2. The Morgan fingerprint density at radius 1 is 0.951 bits per heavy atom. The Labute approximate surface area is 234 Å². The predicted molar refractivity (Wildman–Crippen MR) is 147 cm³/mol. The molecule has 41 heavy (non-hydrogen) atoms. The summed E-state index contributed by atoms with van der Waals surface area (Å²) in [6, 6.07) is 10.3. The largest absolute Gasteiger partial charge is 0.491 e. The highest BCUT2D eigenvalue weighted by molar-refractivity contribution is 5.99. The number of non-ortho nitro benzene ring substituents is 1. The number of benzene rings is 2. The van der Waals surface area contributed by atoms with Crippen molar-refractivity contribution in [3.63, 3.8) is 0 Å². The minimum absolute atomic E-state index is 0.0116. The number of amides is 2. The van der Waals surface area contributed by atoms with Gasteiger partial charge in [0.2, 0.25) is 5.91 Å². The van der Waals surface area contributed by atoms with Crippen molar-refractivity contribution in [2.75, 3.05) is 58.1 Å². The number of carbonyl (C=O) groups excluding carboxylic acids is 2. The molecular weight excluding hydrogens is 538 g/mol. The van der Waals surface area contributed by atoms with Gasteiger partial charge in [0.15, 0.2) is 0 Å². The topological polar surface area (TPSA) is 173 Å². The Bertz CT molecular complexity index is 1410. The summed E-state index contributed by atoms with van der Waals surface area (Å²) in [6.07, 6.45) is 1.94. The van der Waals surface area contributed by atoms with Crippen molar-refractivity contribution in [3.8, 4) is 5.75 Å². The van der Waals surface area contributed by atoms with E-state index in [1.54, 1.807) is 30.3 Å². The number of imide groups is 1. The second kappa shape index (κ2) is 14.8. The molecule has 4 rings (SSSR count). The molecule has 1 aliphatic heterocycles. The Kier molecular flexibility index (Phi) is 10.7. The second-order valence-electron chi connectivity index (χ2n) is 9.03. The molecule has 0 saturated carbocycles. The summed E-state index contributed by atoms with van der Waals surface area (Å²) in [5.41, 5.74) is 0.428. The zero-order valence-electron chi connectivity index (χ0n) is 22.3. The molecule has 2 N–H and O–H groups in total. The van der Waals surface area contributed by atoms with E-state index in [0.717, 1.165) is 10.4 Å². The maximum atomic E-state index is 12.9. The summed E-state index contributed by atoms with van der Waals surface area (Å²) >= 11 is 0. The lowest BCUT2D eigenvalue weighted by molar-refractivity contribution is -0.384. The van der Waals surface area contributed by atoms with Gasteiger partial charge in [-0.2, -0.15) is 5.10 Å². The van der Waals surface area contributed by atoms with Crippen LogP contribution < -0.4 is 20.9 Å². The normalized spacial score (nSPS) is 15.1. The van der Waals surface area contributed by atoms with Crippen molar-refractivity contribution in [1.29, 1.82) is 0 Å². The molecule has 1 aliphatic rings. The molecule has 3 aromatic rings. The van der Waals surface area contributed by atoms with Crippen LogP contribution in [0.5, 0.6) is 5.75 Å². The van der Waals surface area contributed by atoms with Gasteiger partial charge in [-0.3, -0.25) is 29.8 Å². The smallest absolute Gasteiger partial charge is 0.275 e. The molecule has 1 fully saturated rings. The summed E-state index contributed by atoms with van der Waals surface area (Å²) in [5.74, 6) is -0.327. The van der Waals surface area contributed by atoms with Crippen molar-refractivity contribution >= 4 is 34.0 Å². The van der Waals surface area contributed by atoms with Gasteiger partial charge in [-0.15, -0.1) is 0 Å². The van der Waals surface area contributed by atoms with Crippen LogP contribution in [0.3, 0.4) is 0 Å². The van der Waals surface area contributed by atoms with E-state index in [0.29, 0.717) is 69.3 Å². The number of piperidine rings is 1. The highest BCUT2D eigenvalue weighted by atomic mass is 16.6. The van der Waals surface area contributed by atoms with Crippen molar-refractivity contribution in [1.82, 2.24) is 15.1 Å². The summed E-state index contributed by atoms with van der Waals surface area (Å²) < 4.78 is 23.1. The maximum Gasteiger partial charge on any atom is 0.275 e. The first kappa shape index (κ1) is 29.6. The van der Waals surface area contributed by atoms with Gasteiger partial charge in [0.05, 0.1) is 56.1 Å². The molecule has 0 radical (unpaired) electrons. The van der Waals surface area contributed by atoms with Crippen molar-refractivity contribution in [3.05, 3.63) is 69.1 Å². The van der Waals surface area contributed by atoms with Crippen LogP contribution in [-0.2, 0) is 23.8 Å². The quantitative estimate of drug-likeness (QED) is 0.111. The van der Waals surface area contributed by atoms with E-state index in [1.165, 1.54) is 18.3 Å². The molecule has 1 saturated heterocycles. The number of nitrogens with one attached hydrogen (secondary N) is 2. The Morgan fingerprint density at radius 3 is 2.32 bits per heavy atom. The highest BCUT2D eigenvalue weighted by Gasteiger charge is 2.29. The summed E-state index contributed by atoms with van der Waals surface area (Å²) in [5, 5.41) is 21.4. The number of rotatable bonds is 16. The Hall–Kier alpha value is -4.40. The van der Waals surface area contributed by atoms with Crippen molar-refractivity contribution in [2.45, 2.75) is 18.9 Å². The number of nitro benzene ring substituents is 1. The van der Waals surface area contributed by atoms with Crippen molar-refractivity contribution in [2.24, 2.45) is 0 Å². The van der Waals surface area contributed by atoms with Crippen LogP contribution in [0.2, 0.25) is 0 Å². The lowest BCUT2D eigenvalue weighted by Crippen LogP contribution is -2.45. The molecule has 1 unspecified atom stereocenters. The van der Waals surface area contributed by atoms with Gasteiger partial charge in [0, 0.05) is 36.2 Å². The number of nitrogens with zero attached hydrogens (tertiary/aromatic N) is 3. The van der Waals surface area contributed by atoms with Crippen LogP contribution in [0.1, 0.15) is 18.9 Å². The average Bonchev–Trinajstić information content (AvgIpc) is 2.96. The first-order valence-electron chi connectivity index (χ1n) is 13.1. The zero-order valence-corrected chi connectivity index (χ0v) is 22.3. The minimum atomic E-state index is -0.799. The molecule has 0 bridgehead atoms. The molecule has 1 atom stereocenters. The van der Waals surface area contributed by atoms with Crippen LogP contribution in [0.15, 0.2) is 53.5 Å². The van der Waals surface area contributed by atoms with Crippen LogP contribution in [-0.4, -0.2) is 79.3 Å². The van der Waals surface area contributed by atoms with E-state index >= 15 is 0 Å². The molecule has 218 valence electrons. The van der Waals surface area contributed by atoms with Gasteiger partial charge in [0.1, 0.15) is 18.4 Å². The van der Waals surface area contributed by atoms with E-state index < -0.39 is 16.9 Å². The number of nitro groups is 1. The van der Waals surface area contributed by atoms with Gasteiger partial charge in [-0.1, -0.05) is 0 Å². The van der Waals surface area contributed by atoms with E-state index in [-0.39, 0.29) is 30.0 Å². The first-order valence-corrected chi connectivity index (χ1v) is 13.1. The summed E-state index contributed by atoms with van der Waals surface area (Å²) in [4.78, 5) is 46.5. The minimum Gasteiger partial charge on any atom is -0.491 e. The zero-order chi connectivity index (χ0) is 29.0. The van der Waals surface area contributed by atoms with E-state index in [9.17, 15) is 24.5 Å². The van der Waals surface area contributed by atoms with Gasteiger partial charge in [-0.05, 0) is 36.8 Å². The predicted octanol–water partition coefficient (Wildman–Crippen LogP) is 1.82. The number of anilines is 1. The third-order valence-corrected chi connectivity index (χ3v) is 6.18. The van der Waals surface area contributed by atoms with Crippen LogP contribution in [0, 0.1) is 10.1 Å². The fourth-order valence-electron chi connectivity index (χ4n) is 4.10. The molecule has 14 heteroatoms. The molecule has 1 aromatic heterocycles. The van der Waals surface area contributed by atoms with Crippen LogP contribution >= 0.6 is 0 Å². The molecular formula is C27H31N5O9. The number of fused-ring (bicyclic) bond motifs is 1. The van der Waals surface area contributed by atoms with Gasteiger partial charge in [-0.25, -0.2) is 4.68 Å². The first-order chi connectivity index (χ1) is 19.9. The number of hydrogen-bond acceptors (Lipinski definition) is 11. The second-order valence-corrected chi connectivity index (χ2v) is 9.03. The van der Waals surface area contributed by atoms with E-state index in [4.69, 9.17) is 18.9 Å². The standard InChI is InChI=1S/C27H31N5O9/c33-25-8-7-24(26(34)30-25)31-27(35)23-6-1-20(17-19(23)18-29-31)28-9-10-38-11-12-39-13-14-40-15-16-41-22-4-2-21(3-5-22)32(36)37/h1-6,17-18,24,28H,7-16H2,(H,30,33,34). The summed E-state index contributed by atoms with van der Waals surface area (Å²) in [7, 11) is 0. The molecule has 0 spiro atoms. The van der Waals surface area contributed by atoms with Crippen LogP contribution in [0.4, 0.5) is 11.4 Å². The third-order valence-electron chi connectivity index (χ3n) is 6.18. The lowest BCUT2D eigenvalue weighted by atomic mass is 10.1. The SMILES string of the molecule is O=C1CCC(n2ncc3cc(NCCOCCOCCOCCOc4ccc([N+](=O)[O-])cc4)ccc3c2=O)C(=O)N1. The van der Waals surface area contributed by atoms with E-state index in [1.807, 2.05) is 0 Å². The molecule has 2 aromatic carbocycles. The van der Waals surface area contributed by atoms with Crippen LogP contribution in [0.25, 0.3) is 10.8 Å². The number of carbonyl (C=O) groups is 2. The number of hydrogen-bond donors (Lipinski definition) is 2. The molecule has 2 heterocycles. The lowest BCUT2D eigenvalue weighted by Gasteiger charge is -2.21. The third kappa shape index (κ3) is 8.54. The molecule has 14 nitrogen and oxygen atoms in total. The Balaban J connectivity index is 1.05. The van der Waals surface area contributed by atoms with Gasteiger partial charge in [0.25, 0.3) is 17.2 Å². The maximum absolute atomic E-state index is 12.9. The molecule has 2 amide bonds. The monoisotopic (exact) mass is 569 g/mol. The average molecular weight is 570 g/mol. The molecule has 0 aliphatic carbocycles. The number of ether oxygens (including phenoxy) is 4. The Morgan fingerprint density at radius 2 is 1.63 bits per heavy atom. The van der Waals surface area contributed by atoms with E-state index in [2.05, 4.69) is 15.7 Å².